The van der Waals surface area contributed by atoms with Crippen LogP contribution in [0, 0.1) is 0 Å². The van der Waals surface area contributed by atoms with E-state index in [1.165, 1.54) is 56.9 Å². The largest absolute Gasteiger partial charge is 0.313 e. The monoisotopic (exact) mass is 288 g/mol. The summed E-state index contributed by atoms with van der Waals surface area (Å²) in [5, 5.41) is 7.83. The van der Waals surface area contributed by atoms with Crippen LogP contribution in [0.4, 0.5) is 0 Å². The Morgan fingerprint density at radius 3 is 2.62 bits per heavy atom. The molecule has 4 heteroatoms. The van der Waals surface area contributed by atoms with Gasteiger partial charge in [0.15, 0.2) is 0 Å². The molecular formula is C17H28N4. The molecule has 0 radical (unpaired) electrons. The van der Waals surface area contributed by atoms with Crippen molar-refractivity contribution in [3.05, 3.63) is 30.4 Å². The third kappa shape index (κ3) is 4.53. The number of unbranched alkanes of at least 4 members (excludes halogenated alkanes) is 6. The minimum atomic E-state index is 0.377. The van der Waals surface area contributed by atoms with Crippen LogP contribution in [0.15, 0.2) is 24.8 Å². The van der Waals surface area contributed by atoms with Crippen LogP contribution >= 0.6 is 0 Å². The molecule has 0 bridgehead atoms. The normalized spacial score (nSPS) is 12.9. The van der Waals surface area contributed by atoms with Gasteiger partial charge in [0.2, 0.25) is 0 Å². The predicted molar refractivity (Wildman–Crippen MR) is 87.4 cm³/mol. The maximum atomic E-state index is 4.40. The lowest BCUT2D eigenvalue weighted by Gasteiger charge is -2.15. The van der Waals surface area contributed by atoms with Crippen LogP contribution in [0.25, 0.3) is 5.52 Å². The van der Waals surface area contributed by atoms with Crippen molar-refractivity contribution in [2.24, 2.45) is 0 Å². The summed E-state index contributed by atoms with van der Waals surface area (Å²) in [6.07, 6.45) is 18.2. The third-order valence-corrected chi connectivity index (χ3v) is 4.17. The van der Waals surface area contributed by atoms with Crippen LogP contribution in [-0.4, -0.2) is 21.6 Å². The zero-order chi connectivity index (χ0) is 14.9. The molecule has 2 rings (SSSR count). The first-order valence-corrected chi connectivity index (χ1v) is 8.31. The van der Waals surface area contributed by atoms with Crippen molar-refractivity contribution in [2.75, 3.05) is 7.05 Å². The average molecular weight is 288 g/mol. The summed E-state index contributed by atoms with van der Waals surface area (Å²) in [6.45, 7) is 2.27. The van der Waals surface area contributed by atoms with Gasteiger partial charge in [0, 0.05) is 24.0 Å². The van der Waals surface area contributed by atoms with E-state index in [2.05, 4.69) is 22.3 Å². The molecule has 0 spiro atoms. The Hall–Kier alpha value is -1.42. The Kier molecular flexibility index (Phi) is 6.67. The summed E-state index contributed by atoms with van der Waals surface area (Å²) in [6, 6.07) is 0.377. The minimum absolute atomic E-state index is 0.377. The molecule has 21 heavy (non-hydrogen) atoms. The van der Waals surface area contributed by atoms with Crippen molar-refractivity contribution < 1.29 is 0 Å². The highest BCUT2D eigenvalue weighted by Gasteiger charge is 2.14. The van der Waals surface area contributed by atoms with Gasteiger partial charge in [0.05, 0.1) is 17.9 Å². The second kappa shape index (κ2) is 8.78. The van der Waals surface area contributed by atoms with E-state index in [0.717, 1.165) is 5.52 Å². The molecule has 0 saturated carbocycles. The SMILES string of the molecule is CCCCCCCCCC(NC)c1cnn2ccncc12. The summed E-state index contributed by atoms with van der Waals surface area (Å²) < 4.78 is 1.90. The Morgan fingerprint density at radius 2 is 1.86 bits per heavy atom. The van der Waals surface area contributed by atoms with Crippen molar-refractivity contribution in [2.45, 2.75) is 64.3 Å². The molecule has 4 nitrogen and oxygen atoms in total. The highest BCUT2D eigenvalue weighted by Crippen LogP contribution is 2.23. The molecule has 0 amide bonds. The van der Waals surface area contributed by atoms with Crippen LogP contribution in [0.3, 0.4) is 0 Å². The molecule has 2 heterocycles. The van der Waals surface area contributed by atoms with Gasteiger partial charge in [-0.2, -0.15) is 5.10 Å². The average Bonchev–Trinajstić information content (AvgIpc) is 2.94. The van der Waals surface area contributed by atoms with Crippen LogP contribution in [-0.2, 0) is 0 Å². The topological polar surface area (TPSA) is 42.2 Å². The van der Waals surface area contributed by atoms with Crippen LogP contribution in [0.1, 0.15) is 69.9 Å². The van der Waals surface area contributed by atoms with E-state index in [0.29, 0.717) is 6.04 Å². The fourth-order valence-corrected chi connectivity index (χ4v) is 2.88. The quantitative estimate of drug-likeness (QED) is 0.668. The predicted octanol–water partition coefficient (Wildman–Crippen LogP) is 4.13. The Morgan fingerprint density at radius 1 is 1.10 bits per heavy atom. The Bertz CT molecular complexity index is 520. The number of nitrogens with one attached hydrogen (secondary N) is 1. The van der Waals surface area contributed by atoms with E-state index in [9.17, 15) is 0 Å². The van der Waals surface area contributed by atoms with E-state index < -0.39 is 0 Å². The fourth-order valence-electron chi connectivity index (χ4n) is 2.88. The van der Waals surface area contributed by atoms with Crippen LogP contribution in [0.2, 0.25) is 0 Å². The molecule has 0 saturated heterocycles. The maximum Gasteiger partial charge on any atom is 0.0892 e. The van der Waals surface area contributed by atoms with Crippen molar-refractivity contribution >= 4 is 5.52 Å². The van der Waals surface area contributed by atoms with Crippen LogP contribution in [0.5, 0.6) is 0 Å². The van der Waals surface area contributed by atoms with Crippen molar-refractivity contribution in [3.63, 3.8) is 0 Å². The van der Waals surface area contributed by atoms with Gasteiger partial charge in [-0.05, 0) is 13.5 Å². The molecular weight excluding hydrogens is 260 g/mol. The molecule has 0 fully saturated rings. The number of aromatic nitrogens is 3. The van der Waals surface area contributed by atoms with E-state index in [4.69, 9.17) is 0 Å². The molecule has 0 aliphatic carbocycles. The standard InChI is InChI=1S/C17H28N4/c1-3-4-5-6-7-8-9-10-16(18-2)15-13-20-21-12-11-19-14-17(15)21/h11-14,16,18H,3-10H2,1-2H3. The number of nitrogens with zero attached hydrogens (tertiary/aromatic N) is 3. The molecule has 1 unspecified atom stereocenters. The first-order valence-electron chi connectivity index (χ1n) is 8.31. The van der Waals surface area contributed by atoms with Crippen molar-refractivity contribution in [1.29, 1.82) is 0 Å². The molecule has 0 aromatic carbocycles. The summed E-state index contributed by atoms with van der Waals surface area (Å²) in [7, 11) is 2.03. The number of fused-ring (bicyclic) bond motifs is 1. The lowest BCUT2D eigenvalue weighted by atomic mass is 10.0. The van der Waals surface area contributed by atoms with Crippen molar-refractivity contribution in [1.82, 2.24) is 19.9 Å². The van der Waals surface area contributed by atoms with Gasteiger partial charge in [-0.3, -0.25) is 4.98 Å². The van der Waals surface area contributed by atoms with E-state index in [1.807, 2.05) is 30.2 Å². The number of hydrogen-bond acceptors (Lipinski definition) is 3. The molecule has 1 N–H and O–H groups in total. The van der Waals surface area contributed by atoms with Crippen molar-refractivity contribution in [3.8, 4) is 0 Å². The number of hydrogen-bond donors (Lipinski definition) is 1. The minimum Gasteiger partial charge on any atom is -0.313 e. The second-order valence-electron chi connectivity index (χ2n) is 5.76. The van der Waals surface area contributed by atoms with Gasteiger partial charge in [0.1, 0.15) is 0 Å². The highest BCUT2D eigenvalue weighted by atomic mass is 15.2. The molecule has 1 atom stereocenters. The zero-order valence-corrected chi connectivity index (χ0v) is 13.4. The van der Waals surface area contributed by atoms with Gasteiger partial charge in [0.25, 0.3) is 0 Å². The highest BCUT2D eigenvalue weighted by molar-refractivity contribution is 5.53. The molecule has 116 valence electrons. The second-order valence-corrected chi connectivity index (χ2v) is 5.76. The van der Waals surface area contributed by atoms with Gasteiger partial charge >= 0.3 is 0 Å². The number of rotatable bonds is 10. The summed E-state index contributed by atoms with van der Waals surface area (Å²) in [5.74, 6) is 0. The van der Waals surface area contributed by atoms with Gasteiger partial charge in [-0.1, -0.05) is 51.9 Å². The summed E-state index contributed by atoms with van der Waals surface area (Å²) in [4.78, 5) is 4.21. The summed E-state index contributed by atoms with van der Waals surface area (Å²) in [5.41, 5.74) is 2.37. The molecule has 2 aromatic rings. The molecule has 0 aliphatic rings. The van der Waals surface area contributed by atoms with E-state index in [-0.39, 0.29) is 0 Å². The Labute approximate surface area is 128 Å². The first kappa shape index (κ1) is 16.0. The van der Waals surface area contributed by atoms with Crippen LogP contribution < -0.4 is 5.32 Å². The lowest BCUT2D eigenvalue weighted by molar-refractivity contribution is 0.498. The van der Waals surface area contributed by atoms with E-state index >= 15 is 0 Å². The third-order valence-electron chi connectivity index (χ3n) is 4.17. The van der Waals surface area contributed by atoms with E-state index in [1.54, 1.807) is 6.20 Å². The molecule has 0 aliphatic heterocycles. The van der Waals surface area contributed by atoms with Gasteiger partial charge in [-0.25, -0.2) is 4.52 Å². The smallest absolute Gasteiger partial charge is 0.0892 e. The zero-order valence-electron chi connectivity index (χ0n) is 13.4. The summed E-state index contributed by atoms with van der Waals surface area (Å²) >= 11 is 0. The first-order chi connectivity index (χ1) is 10.4. The van der Waals surface area contributed by atoms with Gasteiger partial charge in [-0.15, -0.1) is 0 Å². The lowest BCUT2D eigenvalue weighted by Crippen LogP contribution is -2.16. The van der Waals surface area contributed by atoms with Gasteiger partial charge < -0.3 is 5.32 Å². The molecule has 2 aromatic heterocycles. The maximum absolute atomic E-state index is 4.40. The Balaban J connectivity index is 1.80. The fraction of sp³-hybridized carbons (Fsp3) is 0.647.